The molecule has 1 aliphatic heterocycles. The Kier molecular flexibility index (Phi) is 6.34. The molecule has 1 heterocycles. The summed E-state index contributed by atoms with van der Waals surface area (Å²) in [5, 5.41) is 3.68. The van der Waals surface area contributed by atoms with Crippen molar-refractivity contribution < 1.29 is 4.74 Å². The number of nitrogens with zero attached hydrogens (tertiary/aromatic N) is 1. The predicted molar refractivity (Wildman–Crippen MR) is 84.3 cm³/mol. The minimum Gasteiger partial charge on any atom is -0.492 e. The van der Waals surface area contributed by atoms with Crippen LogP contribution in [0.2, 0.25) is 0 Å². The summed E-state index contributed by atoms with van der Waals surface area (Å²) in [6.07, 6.45) is 3.73. The van der Waals surface area contributed by atoms with Crippen molar-refractivity contribution in [3.63, 3.8) is 0 Å². The Labute approximate surface area is 123 Å². The molecule has 2 atom stereocenters. The van der Waals surface area contributed by atoms with Crippen molar-refractivity contribution in [2.24, 2.45) is 0 Å². The van der Waals surface area contributed by atoms with Crippen molar-refractivity contribution >= 4 is 0 Å². The predicted octanol–water partition coefficient (Wildman–Crippen LogP) is 2.92. The number of hydrogen-bond acceptors (Lipinski definition) is 3. The smallest absolute Gasteiger partial charge is 0.119 e. The van der Waals surface area contributed by atoms with Crippen molar-refractivity contribution in [3.05, 3.63) is 30.3 Å². The summed E-state index contributed by atoms with van der Waals surface area (Å²) >= 11 is 0. The third kappa shape index (κ3) is 4.50. The average molecular weight is 276 g/mol. The molecule has 0 amide bonds. The van der Waals surface area contributed by atoms with Gasteiger partial charge in [0, 0.05) is 31.7 Å². The second kappa shape index (κ2) is 8.28. The van der Waals surface area contributed by atoms with Crippen LogP contribution in [0.15, 0.2) is 30.3 Å². The molecule has 1 fully saturated rings. The van der Waals surface area contributed by atoms with Gasteiger partial charge in [0.05, 0.1) is 0 Å². The molecule has 0 bridgehead atoms. The van der Waals surface area contributed by atoms with Gasteiger partial charge in [-0.3, -0.25) is 4.90 Å². The maximum absolute atomic E-state index is 5.83. The van der Waals surface area contributed by atoms with E-state index in [9.17, 15) is 0 Å². The molecule has 0 saturated carbocycles. The molecule has 1 aliphatic rings. The topological polar surface area (TPSA) is 24.5 Å². The van der Waals surface area contributed by atoms with Crippen LogP contribution in [0, 0.1) is 0 Å². The summed E-state index contributed by atoms with van der Waals surface area (Å²) in [4.78, 5) is 2.60. The lowest BCUT2D eigenvalue weighted by atomic mass is 10.0. The van der Waals surface area contributed by atoms with Crippen molar-refractivity contribution in [1.29, 1.82) is 0 Å². The zero-order valence-electron chi connectivity index (χ0n) is 12.8. The van der Waals surface area contributed by atoms with Gasteiger partial charge in [0.2, 0.25) is 0 Å². The van der Waals surface area contributed by atoms with Gasteiger partial charge in [-0.25, -0.2) is 0 Å². The molecule has 2 unspecified atom stereocenters. The second-order valence-electron chi connectivity index (χ2n) is 5.61. The van der Waals surface area contributed by atoms with Crippen LogP contribution in [0.4, 0.5) is 0 Å². The van der Waals surface area contributed by atoms with Crippen LogP contribution in [-0.4, -0.2) is 43.2 Å². The van der Waals surface area contributed by atoms with E-state index >= 15 is 0 Å². The second-order valence-corrected chi connectivity index (χ2v) is 5.61. The number of para-hydroxylation sites is 1. The van der Waals surface area contributed by atoms with Crippen molar-refractivity contribution in [2.45, 2.75) is 45.2 Å². The fraction of sp³-hybridized carbons (Fsp3) is 0.647. The summed E-state index contributed by atoms with van der Waals surface area (Å²) in [5.74, 6) is 0.973. The number of hydrogen-bond donors (Lipinski definition) is 1. The Morgan fingerprint density at radius 1 is 1.25 bits per heavy atom. The molecular weight excluding hydrogens is 248 g/mol. The van der Waals surface area contributed by atoms with Gasteiger partial charge in [0.15, 0.2) is 0 Å². The SMILES string of the molecule is CCCC1CN(CCOc2ccccc2)C(CC)CN1. The van der Waals surface area contributed by atoms with Crippen LogP contribution < -0.4 is 10.1 Å². The summed E-state index contributed by atoms with van der Waals surface area (Å²) in [6, 6.07) is 11.4. The van der Waals surface area contributed by atoms with Crippen LogP contribution >= 0.6 is 0 Å². The largest absolute Gasteiger partial charge is 0.492 e. The zero-order valence-corrected chi connectivity index (χ0v) is 12.8. The first-order valence-corrected chi connectivity index (χ1v) is 7.98. The molecule has 1 aromatic rings. The van der Waals surface area contributed by atoms with Gasteiger partial charge in [-0.05, 0) is 25.0 Å². The minimum atomic E-state index is 0.652. The highest BCUT2D eigenvalue weighted by Crippen LogP contribution is 2.14. The molecule has 0 radical (unpaired) electrons. The number of nitrogens with one attached hydrogen (secondary N) is 1. The Morgan fingerprint density at radius 3 is 2.75 bits per heavy atom. The molecule has 0 spiro atoms. The molecular formula is C17H28N2O. The fourth-order valence-corrected chi connectivity index (χ4v) is 2.94. The van der Waals surface area contributed by atoms with Crippen LogP contribution in [-0.2, 0) is 0 Å². The number of ether oxygens (including phenoxy) is 1. The van der Waals surface area contributed by atoms with E-state index in [-0.39, 0.29) is 0 Å². The highest BCUT2D eigenvalue weighted by atomic mass is 16.5. The van der Waals surface area contributed by atoms with Crippen LogP contribution in [0.1, 0.15) is 33.1 Å². The summed E-state index contributed by atoms with van der Waals surface area (Å²) < 4.78 is 5.83. The number of rotatable bonds is 7. The van der Waals surface area contributed by atoms with Gasteiger partial charge >= 0.3 is 0 Å². The quantitative estimate of drug-likeness (QED) is 0.829. The maximum atomic E-state index is 5.83. The standard InChI is InChI=1S/C17H28N2O/c1-3-8-15-14-19(16(4-2)13-18-15)11-12-20-17-9-6-5-7-10-17/h5-7,9-10,15-16,18H,3-4,8,11-14H2,1-2H3. The summed E-state index contributed by atoms with van der Waals surface area (Å²) in [5.41, 5.74) is 0. The monoisotopic (exact) mass is 276 g/mol. The summed E-state index contributed by atoms with van der Waals surface area (Å²) in [7, 11) is 0. The van der Waals surface area contributed by atoms with E-state index in [1.165, 1.54) is 19.3 Å². The first kappa shape index (κ1) is 15.3. The van der Waals surface area contributed by atoms with Crippen molar-refractivity contribution in [1.82, 2.24) is 10.2 Å². The molecule has 3 nitrogen and oxygen atoms in total. The lowest BCUT2D eigenvalue weighted by Gasteiger charge is -2.40. The van der Waals surface area contributed by atoms with Gasteiger partial charge in [0.1, 0.15) is 12.4 Å². The lowest BCUT2D eigenvalue weighted by molar-refractivity contribution is 0.104. The first-order valence-electron chi connectivity index (χ1n) is 7.98. The average Bonchev–Trinajstić information content (AvgIpc) is 2.49. The Morgan fingerprint density at radius 2 is 2.05 bits per heavy atom. The molecule has 1 aromatic carbocycles. The molecule has 3 heteroatoms. The number of piperazine rings is 1. The van der Waals surface area contributed by atoms with Crippen LogP contribution in [0.25, 0.3) is 0 Å². The molecule has 0 aromatic heterocycles. The van der Waals surface area contributed by atoms with E-state index in [0.717, 1.165) is 32.0 Å². The molecule has 20 heavy (non-hydrogen) atoms. The Bertz CT molecular complexity index is 369. The fourth-order valence-electron chi connectivity index (χ4n) is 2.94. The highest BCUT2D eigenvalue weighted by Gasteiger charge is 2.25. The maximum Gasteiger partial charge on any atom is 0.119 e. The van der Waals surface area contributed by atoms with E-state index < -0.39 is 0 Å². The minimum absolute atomic E-state index is 0.652. The molecule has 0 aliphatic carbocycles. The first-order chi connectivity index (χ1) is 9.83. The van der Waals surface area contributed by atoms with E-state index in [1.54, 1.807) is 0 Å². The Balaban J connectivity index is 1.79. The van der Waals surface area contributed by atoms with E-state index in [0.29, 0.717) is 12.1 Å². The molecule has 112 valence electrons. The normalized spacial score (nSPS) is 23.7. The molecule has 1 N–H and O–H groups in total. The third-order valence-corrected chi connectivity index (χ3v) is 4.11. The Hall–Kier alpha value is -1.06. The van der Waals surface area contributed by atoms with Gasteiger partial charge in [0.25, 0.3) is 0 Å². The van der Waals surface area contributed by atoms with Gasteiger partial charge < -0.3 is 10.1 Å². The third-order valence-electron chi connectivity index (χ3n) is 4.11. The number of benzene rings is 1. The highest BCUT2D eigenvalue weighted by molar-refractivity contribution is 5.20. The molecule has 1 saturated heterocycles. The molecule has 2 rings (SSSR count). The van der Waals surface area contributed by atoms with Crippen molar-refractivity contribution in [2.75, 3.05) is 26.2 Å². The summed E-state index contributed by atoms with van der Waals surface area (Å²) in [6.45, 7) is 8.61. The van der Waals surface area contributed by atoms with E-state index in [4.69, 9.17) is 4.74 Å². The van der Waals surface area contributed by atoms with Gasteiger partial charge in [-0.15, -0.1) is 0 Å². The zero-order chi connectivity index (χ0) is 14.2. The van der Waals surface area contributed by atoms with Gasteiger partial charge in [-0.1, -0.05) is 38.5 Å². The van der Waals surface area contributed by atoms with Crippen LogP contribution in [0.5, 0.6) is 5.75 Å². The lowest BCUT2D eigenvalue weighted by Crippen LogP contribution is -2.56. The van der Waals surface area contributed by atoms with E-state index in [1.807, 2.05) is 30.3 Å². The van der Waals surface area contributed by atoms with Crippen LogP contribution in [0.3, 0.4) is 0 Å². The van der Waals surface area contributed by atoms with Gasteiger partial charge in [-0.2, -0.15) is 0 Å². The van der Waals surface area contributed by atoms with E-state index in [2.05, 4.69) is 24.1 Å². The van der Waals surface area contributed by atoms with Crippen molar-refractivity contribution in [3.8, 4) is 5.75 Å².